The maximum atomic E-state index is 3.40. The Morgan fingerprint density at radius 2 is 1.32 bits per heavy atom. The van der Waals surface area contributed by atoms with Gasteiger partial charge in [0.05, 0.1) is 0 Å². The number of hydrogen-bond acceptors (Lipinski definition) is 5. The van der Waals surface area contributed by atoms with Gasteiger partial charge in [-0.25, -0.2) is 0 Å². The molecule has 1 fully saturated rings. The fourth-order valence-corrected chi connectivity index (χ4v) is 2.18. The largest absolute Gasteiger partial charge is 0.314 e. The molecule has 1 aliphatic heterocycles. The van der Waals surface area contributed by atoms with E-state index < -0.39 is 0 Å². The lowest BCUT2D eigenvalue weighted by molar-refractivity contribution is 0.190. The summed E-state index contributed by atoms with van der Waals surface area (Å²) in [5, 5.41) is 3.40. The summed E-state index contributed by atoms with van der Waals surface area (Å²) in [6.45, 7) is 11.7. The van der Waals surface area contributed by atoms with Crippen LogP contribution in [-0.2, 0) is 0 Å². The number of rotatable bonds is 9. The monoisotopic (exact) mass is 271 g/mol. The zero-order valence-electron chi connectivity index (χ0n) is 13.4. The lowest BCUT2D eigenvalue weighted by Gasteiger charge is -2.29. The lowest BCUT2D eigenvalue weighted by atomic mass is 10.3. The van der Waals surface area contributed by atoms with Gasteiger partial charge in [0.2, 0.25) is 0 Å². The molecule has 0 aromatic carbocycles. The van der Waals surface area contributed by atoms with Gasteiger partial charge in [-0.15, -0.1) is 0 Å². The van der Waals surface area contributed by atoms with Crippen LogP contribution in [0.3, 0.4) is 0 Å². The van der Waals surface area contributed by atoms with Crippen LogP contribution in [0.25, 0.3) is 0 Å². The quantitative estimate of drug-likeness (QED) is 0.599. The molecular formula is C14H33N5. The molecule has 0 spiro atoms. The van der Waals surface area contributed by atoms with Crippen LogP contribution in [-0.4, -0.2) is 113 Å². The highest BCUT2D eigenvalue weighted by molar-refractivity contribution is 4.69. The fraction of sp³-hybridized carbons (Fsp3) is 1.00. The van der Waals surface area contributed by atoms with Crippen LogP contribution in [0.2, 0.25) is 0 Å². The van der Waals surface area contributed by atoms with Gasteiger partial charge in [0.15, 0.2) is 0 Å². The van der Waals surface area contributed by atoms with Gasteiger partial charge < -0.3 is 20.0 Å². The second-order valence-electron chi connectivity index (χ2n) is 6.00. The van der Waals surface area contributed by atoms with Crippen molar-refractivity contribution in [1.29, 1.82) is 0 Å². The van der Waals surface area contributed by atoms with Crippen molar-refractivity contribution in [2.24, 2.45) is 0 Å². The molecule has 1 heterocycles. The summed E-state index contributed by atoms with van der Waals surface area (Å²) in [4.78, 5) is 9.67. The number of hydrogen-bond donors (Lipinski definition) is 1. The second kappa shape index (κ2) is 9.66. The lowest BCUT2D eigenvalue weighted by Crippen LogP contribution is -2.46. The van der Waals surface area contributed by atoms with Crippen molar-refractivity contribution >= 4 is 0 Å². The Hall–Kier alpha value is -0.200. The third kappa shape index (κ3) is 8.55. The number of piperazine rings is 1. The molecule has 0 aliphatic carbocycles. The molecule has 1 N–H and O–H groups in total. The molecule has 0 unspecified atom stereocenters. The molecule has 0 atom stereocenters. The molecule has 1 aliphatic rings. The summed E-state index contributed by atoms with van der Waals surface area (Å²) < 4.78 is 0. The van der Waals surface area contributed by atoms with E-state index in [4.69, 9.17) is 0 Å². The van der Waals surface area contributed by atoms with E-state index in [1.54, 1.807) is 0 Å². The van der Waals surface area contributed by atoms with Crippen molar-refractivity contribution < 1.29 is 0 Å². The zero-order chi connectivity index (χ0) is 14.1. The van der Waals surface area contributed by atoms with Crippen LogP contribution in [0.15, 0.2) is 0 Å². The van der Waals surface area contributed by atoms with Crippen LogP contribution in [0, 0.1) is 0 Å². The molecule has 0 saturated carbocycles. The van der Waals surface area contributed by atoms with Gasteiger partial charge in [-0.3, -0.25) is 4.90 Å². The van der Waals surface area contributed by atoms with E-state index in [1.807, 2.05) is 0 Å². The summed E-state index contributed by atoms with van der Waals surface area (Å²) >= 11 is 0. The van der Waals surface area contributed by atoms with E-state index in [-0.39, 0.29) is 0 Å². The Labute approximate surface area is 119 Å². The standard InChI is InChI=1S/C14H33N5/c1-16(2)9-10-17(3)11-12-18(4)13-14-19-7-5-15-6-8-19/h15H,5-14H2,1-4H3. The van der Waals surface area contributed by atoms with E-state index in [0.29, 0.717) is 0 Å². The first-order valence-corrected chi connectivity index (χ1v) is 7.53. The summed E-state index contributed by atoms with van der Waals surface area (Å²) in [6.07, 6.45) is 0. The van der Waals surface area contributed by atoms with E-state index in [1.165, 1.54) is 26.2 Å². The van der Waals surface area contributed by atoms with Crippen LogP contribution in [0.4, 0.5) is 0 Å². The van der Waals surface area contributed by atoms with Crippen molar-refractivity contribution in [3.8, 4) is 0 Å². The van der Waals surface area contributed by atoms with Crippen molar-refractivity contribution in [3.63, 3.8) is 0 Å². The summed E-state index contributed by atoms with van der Waals surface area (Å²) in [6, 6.07) is 0. The molecule has 1 rings (SSSR count). The van der Waals surface area contributed by atoms with E-state index >= 15 is 0 Å². The summed E-state index contributed by atoms with van der Waals surface area (Å²) in [5.41, 5.74) is 0. The fourth-order valence-electron chi connectivity index (χ4n) is 2.18. The SMILES string of the molecule is CN(C)CCN(C)CCN(C)CCN1CCNCC1. The minimum atomic E-state index is 1.14. The van der Waals surface area contributed by atoms with E-state index in [9.17, 15) is 0 Å². The maximum absolute atomic E-state index is 3.40. The molecule has 0 bridgehead atoms. The van der Waals surface area contributed by atoms with Crippen LogP contribution < -0.4 is 5.32 Å². The smallest absolute Gasteiger partial charge is 0.0110 e. The van der Waals surface area contributed by atoms with E-state index in [2.05, 4.69) is 53.1 Å². The minimum absolute atomic E-state index is 1.14. The van der Waals surface area contributed by atoms with Gasteiger partial charge >= 0.3 is 0 Å². The molecule has 5 heteroatoms. The van der Waals surface area contributed by atoms with Crippen molar-refractivity contribution in [1.82, 2.24) is 24.9 Å². The third-order valence-electron chi connectivity index (χ3n) is 3.80. The Bertz CT molecular complexity index is 216. The van der Waals surface area contributed by atoms with Gasteiger partial charge in [0.25, 0.3) is 0 Å². The third-order valence-corrected chi connectivity index (χ3v) is 3.80. The minimum Gasteiger partial charge on any atom is -0.314 e. The van der Waals surface area contributed by atoms with Crippen LogP contribution in [0.1, 0.15) is 0 Å². The highest BCUT2D eigenvalue weighted by Gasteiger charge is 2.10. The second-order valence-corrected chi connectivity index (χ2v) is 6.00. The van der Waals surface area contributed by atoms with Crippen molar-refractivity contribution in [3.05, 3.63) is 0 Å². The zero-order valence-corrected chi connectivity index (χ0v) is 13.4. The first-order chi connectivity index (χ1) is 9.08. The molecule has 5 nitrogen and oxygen atoms in total. The number of nitrogens with one attached hydrogen (secondary N) is 1. The highest BCUT2D eigenvalue weighted by Crippen LogP contribution is 1.94. The Morgan fingerprint density at radius 1 is 0.789 bits per heavy atom. The molecule has 19 heavy (non-hydrogen) atoms. The van der Waals surface area contributed by atoms with Crippen molar-refractivity contribution in [2.75, 3.05) is 93.6 Å². The van der Waals surface area contributed by atoms with Crippen LogP contribution in [0.5, 0.6) is 0 Å². The molecule has 0 amide bonds. The first-order valence-electron chi connectivity index (χ1n) is 7.53. The Kier molecular flexibility index (Phi) is 8.57. The van der Waals surface area contributed by atoms with Gasteiger partial charge in [0, 0.05) is 65.4 Å². The molecule has 0 radical (unpaired) electrons. The summed E-state index contributed by atoms with van der Waals surface area (Å²) in [5.74, 6) is 0. The predicted molar refractivity (Wildman–Crippen MR) is 82.9 cm³/mol. The Morgan fingerprint density at radius 3 is 1.89 bits per heavy atom. The number of likely N-dealkylation sites (N-methyl/N-ethyl adjacent to an activating group) is 3. The topological polar surface area (TPSA) is 25.0 Å². The molecule has 0 aromatic rings. The van der Waals surface area contributed by atoms with Crippen LogP contribution >= 0.6 is 0 Å². The molecule has 114 valence electrons. The average Bonchev–Trinajstić information content (AvgIpc) is 2.41. The predicted octanol–water partition coefficient (Wildman–Crippen LogP) is -0.683. The first kappa shape index (κ1) is 16.9. The van der Waals surface area contributed by atoms with Crippen molar-refractivity contribution in [2.45, 2.75) is 0 Å². The maximum Gasteiger partial charge on any atom is 0.0110 e. The van der Waals surface area contributed by atoms with Gasteiger partial charge in [-0.1, -0.05) is 0 Å². The molecular weight excluding hydrogens is 238 g/mol. The normalized spacial score (nSPS) is 17.8. The molecule has 1 saturated heterocycles. The average molecular weight is 271 g/mol. The van der Waals surface area contributed by atoms with Gasteiger partial charge in [-0.2, -0.15) is 0 Å². The number of nitrogens with zero attached hydrogens (tertiary/aromatic N) is 4. The van der Waals surface area contributed by atoms with Gasteiger partial charge in [0.1, 0.15) is 0 Å². The van der Waals surface area contributed by atoms with Gasteiger partial charge in [-0.05, 0) is 28.2 Å². The molecule has 0 aromatic heterocycles. The highest BCUT2D eigenvalue weighted by atomic mass is 15.2. The Balaban J connectivity index is 2.01. The summed E-state index contributed by atoms with van der Waals surface area (Å²) in [7, 11) is 8.72. The van der Waals surface area contributed by atoms with E-state index in [0.717, 1.165) is 39.3 Å².